The van der Waals surface area contributed by atoms with E-state index in [-0.39, 0.29) is 31.2 Å². The molecule has 1 aromatic carbocycles. The number of hydrogen-bond donors (Lipinski definition) is 2. The van der Waals surface area contributed by atoms with Gasteiger partial charge in [-0.3, -0.25) is 24.0 Å². The van der Waals surface area contributed by atoms with Gasteiger partial charge in [-0.1, -0.05) is 30.3 Å². The zero-order valence-corrected chi connectivity index (χ0v) is 18.0. The van der Waals surface area contributed by atoms with E-state index in [0.29, 0.717) is 5.69 Å². The number of methoxy groups -OCH3 is 1. The molecule has 31 heavy (non-hydrogen) atoms. The van der Waals surface area contributed by atoms with Gasteiger partial charge in [0.2, 0.25) is 0 Å². The normalized spacial score (nSPS) is 11.2. The van der Waals surface area contributed by atoms with Crippen LogP contribution in [0.1, 0.15) is 16.3 Å². The first-order valence-electron chi connectivity index (χ1n) is 9.48. The first-order chi connectivity index (χ1) is 14.9. The summed E-state index contributed by atoms with van der Waals surface area (Å²) in [6.45, 7) is 2.31. The van der Waals surface area contributed by atoms with Gasteiger partial charge in [0.15, 0.2) is 5.69 Å². The summed E-state index contributed by atoms with van der Waals surface area (Å²) >= 11 is 1.47. The van der Waals surface area contributed by atoms with Crippen LogP contribution in [0.5, 0.6) is 0 Å². The molecule has 3 rings (SSSR count). The molecule has 0 radical (unpaired) electrons. The molecule has 3 N–H and O–H groups in total. The number of rotatable bonds is 8. The average Bonchev–Trinajstić information content (AvgIpc) is 3.17. The summed E-state index contributed by atoms with van der Waals surface area (Å²) in [5.41, 5.74) is 6.13. The molecule has 10 heteroatoms. The van der Waals surface area contributed by atoms with Crippen molar-refractivity contribution in [2.24, 2.45) is 0 Å². The molecule has 0 fully saturated rings. The van der Waals surface area contributed by atoms with Crippen molar-refractivity contribution < 1.29 is 9.53 Å². The van der Waals surface area contributed by atoms with Crippen LogP contribution in [0.4, 0.5) is 11.5 Å². The van der Waals surface area contributed by atoms with Crippen molar-refractivity contribution in [2.75, 3.05) is 24.4 Å². The van der Waals surface area contributed by atoms with E-state index in [1.807, 2.05) is 42.6 Å². The van der Waals surface area contributed by atoms with Gasteiger partial charge < -0.3 is 10.5 Å². The highest BCUT2D eigenvalue weighted by Gasteiger charge is 2.23. The maximum Gasteiger partial charge on any atom is 0.330 e. The lowest BCUT2D eigenvalue weighted by atomic mass is 10.2. The number of aromatic nitrogens is 3. The van der Waals surface area contributed by atoms with Gasteiger partial charge in [-0.05, 0) is 18.6 Å². The highest BCUT2D eigenvalue weighted by Crippen LogP contribution is 2.20. The number of carbonyl (C=O) groups excluding carboxylic acids is 1. The molecule has 0 unspecified atom stereocenters. The first-order valence-corrected chi connectivity index (χ1v) is 10.4. The van der Waals surface area contributed by atoms with Crippen LogP contribution in [0.25, 0.3) is 6.08 Å². The van der Waals surface area contributed by atoms with Crippen molar-refractivity contribution in [3.63, 3.8) is 0 Å². The van der Waals surface area contributed by atoms with Crippen LogP contribution in [-0.4, -0.2) is 34.2 Å². The van der Waals surface area contributed by atoms with Crippen molar-refractivity contribution in [1.82, 2.24) is 14.5 Å². The third kappa shape index (κ3) is 5.36. The molecule has 3 aromatic rings. The molecule has 0 aliphatic carbocycles. The smallest absolute Gasteiger partial charge is 0.330 e. The number of nitrogens with two attached hydrogens (primary N) is 1. The molecular weight excluding hydrogens is 418 g/mol. The highest BCUT2D eigenvalue weighted by atomic mass is 32.1. The lowest BCUT2D eigenvalue weighted by Crippen LogP contribution is -2.40. The molecule has 0 bridgehead atoms. The topological polar surface area (TPSA) is 123 Å². The minimum atomic E-state index is -0.738. The maximum atomic E-state index is 13.1. The molecule has 9 nitrogen and oxygen atoms in total. The summed E-state index contributed by atoms with van der Waals surface area (Å²) in [6.07, 6.45) is 2.91. The molecule has 0 atom stereocenters. The molecule has 0 saturated carbocycles. The second-order valence-electron chi connectivity index (χ2n) is 6.67. The predicted octanol–water partition coefficient (Wildman–Crippen LogP) is 1.78. The van der Waals surface area contributed by atoms with Crippen molar-refractivity contribution in [1.29, 1.82) is 0 Å². The SMILES string of the molecule is COCCn1c(N)c(N(Cc2ccccc2)C(=O)/C=C/c2csc(C)n2)c(=O)[nH]c1=O. The Balaban J connectivity index is 2.05. The standard InChI is InChI=1S/C21H23N5O4S/c1-14-23-16(13-31-14)8-9-17(27)26(12-15-6-4-3-5-7-15)18-19(22)25(10-11-30-2)21(29)24-20(18)28/h3-9,13H,10-12,22H2,1-2H3,(H,24,28,29)/b9-8+. The quantitative estimate of drug-likeness (QED) is 0.514. The Morgan fingerprint density at radius 1 is 1.32 bits per heavy atom. The fraction of sp³-hybridized carbons (Fsp3) is 0.238. The van der Waals surface area contributed by atoms with Gasteiger partial charge in [-0.15, -0.1) is 11.3 Å². The summed E-state index contributed by atoms with van der Waals surface area (Å²) < 4.78 is 6.19. The molecule has 162 valence electrons. The Morgan fingerprint density at radius 3 is 2.71 bits per heavy atom. The molecule has 0 saturated heterocycles. The monoisotopic (exact) mass is 441 g/mol. The molecule has 0 aliphatic rings. The van der Waals surface area contributed by atoms with Gasteiger partial charge in [0.1, 0.15) is 5.82 Å². The first kappa shape index (κ1) is 22.2. The Kier molecular flexibility index (Phi) is 7.16. The number of H-pyrrole nitrogens is 1. The van der Waals surface area contributed by atoms with Gasteiger partial charge in [0.05, 0.1) is 30.4 Å². The lowest BCUT2D eigenvalue weighted by Gasteiger charge is -2.23. The van der Waals surface area contributed by atoms with E-state index in [4.69, 9.17) is 10.5 Å². The second kappa shape index (κ2) is 10.0. The number of aromatic amines is 1. The van der Waals surface area contributed by atoms with Crippen molar-refractivity contribution in [2.45, 2.75) is 20.0 Å². The van der Waals surface area contributed by atoms with Crippen molar-refractivity contribution in [3.05, 3.63) is 78.9 Å². The second-order valence-corrected chi connectivity index (χ2v) is 7.73. The van der Waals surface area contributed by atoms with E-state index in [0.717, 1.165) is 10.6 Å². The molecule has 0 spiro atoms. The summed E-state index contributed by atoms with van der Waals surface area (Å²) in [5, 5.41) is 2.70. The van der Waals surface area contributed by atoms with E-state index in [1.165, 1.54) is 34.0 Å². The predicted molar refractivity (Wildman–Crippen MR) is 121 cm³/mol. The third-order valence-electron chi connectivity index (χ3n) is 4.49. The Morgan fingerprint density at radius 2 is 2.06 bits per heavy atom. The number of nitrogens with zero attached hydrogens (tertiary/aromatic N) is 3. The molecule has 2 aromatic heterocycles. The number of aryl methyl sites for hydroxylation is 1. The van der Waals surface area contributed by atoms with Crippen LogP contribution in [0.2, 0.25) is 0 Å². The summed E-state index contributed by atoms with van der Waals surface area (Å²) in [5.74, 6) is -0.573. The minimum absolute atomic E-state index is 0.0931. The van der Waals surface area contributed by atoms with E-state index in [1.54, 1.807) is 6.08 Å². The van der Waals surface area contributed by atoms with Crippen molar-refractivity contribution in [3.8, 4) is 0 Å². The number of hydrogen-bond acceptors (Lipinski definition) is 7. The molecule has 2 heterocycles. The Labute approximate surface area is 182 Å². The Bertz CT molecular complexity index is 1200. The molecule has 1 amide bonds. The number of amides is 1. The number of nitrogen functional groups attached to an aromatic ring is 1. The van der Waals surface area contributed by atoms with Crippen LogP contribution in [0.3, 0.4) is 0 Å². The maximum absolute atomic E-state index is 13.1. The number of ether oxygens (including phenoxy) is 1. The number of nitrogens with one attached hydrogen (secondary N) is 1. The van der Waals surface area contributed by atoms with Gasteiger partial charge in [-0.25, -0.2) is 9.78 Å². The summed E-state index contributed by atoms with van der Waals surface area (Å²) in [7, 11) is 1.49. The van der Waals surface area contributed by atoms with Gasteiger partial charge in [-0.2, -0.15) is 0 Å². The van der Waals surface area contributed by atoms with Crippen molar-refractivity contribution >= 4 is 34.8 Å². The highest BCUT2D eigenvalue weighted by molar-refractivity contribution is 7.09. The average molecular weight is 442 g/mol. The van der Waals surface area contributed by atoms with E-state index >= 15 is 0 Å². The summed E-state index contributed by atoms with van der Waals surface area (Å²) in [4.78, 5) is 45.9. The Hall–Kier alpha value is -3.50. The van der Waals surface area contributed by atoms with Gasteiger partial charge in [0, 0.05) is 18.6 Å². The largest absolute Gasteiger partial charge is 0.383 e. The zero-order valence-electron chi connectivity index (χ0n) is 17.2. The third-order valence-corrected chi connectivity index (χ3v) is 5.28. The number of thiazole rings is 1. The minimum Gasteiger partial charge on any atom is -0.383 e. The fourth-order valence-electron chi connectivity index (χ4n) is 2.98. The zero-order chi connectivity index (χ0) is 22.4. The van der Waals surface area contributed by atoms with Gasteiger partial charge >= 0.3 is 5.69 Å². The molecular formula is C21H23N5O4S. The van der Waals surface area contributed by atoms with Crippen LogP contribution >= 0.6 is 11.3 Å². The summed E-state index contributed by atoms with van der Waals surface area (Å²) in [6, 6.07) is 9.18. The van der Waals surface area contributed by atoms with Crippen LogP contribution in [0, 0.1) is 6.92 Å². The van der Waals surface area contributed by atoms with E-state index in [9.17, 15) is 14.4 Å². The van der Waals surface area contributed by atoms with E-state index in [2.05, 4.69) is 9.97 Å². The van der Waals surface area contributed by atoms with E-state index < -0.39 is 17.2 Å². The fourth-order valence-corrected chi connectivity index (χ4v) is 3.56. The number of anilines is 2. The van der Waals surface area contributed by atoms with Crippen LogP contribution < -0.4 is 21.9 Å². The molecule has 0 aliphatic heterocycles. The number of carbonyl (C=O) groups is 1. The lowest BCUT2D eigenvalue weighted by molar-refractivity contribution is -0.114. The van der Waals surface area contributed by atoms with Gasteiger partial charge in [0.25, 0.3) is 11.5 Å². The van der Waals surface area contributed by atoms with Crippen LogP contribution in [0.15, 0.2) is 51.4 Å². The number of benzene rings is 1. The van der Waals surface area contributed by atoms with Crippen LogP contribution in [-0.2, 0) is 22.6 Å².